The zero-order valence-electron chi connectivity index (χ0n) is 19.0. The summed E-state index contributed by atoms with van der Waals surface area (Å²) in [5, 5.41) is 25.3. The van der Waals surface area contributed by atoms with E-state index in [4.69, 9.17) is 16.2 Å². The average Bonchev–Trinajstić information content (AvgIpc) is 3.36. The number of benzene rings is 1. The van der Waals surface area contributed by atoms with Crippen LogP contribution in [-0.2, 0) is 16.1 Å². The fraction of sp³-hybridized carbons (Fsp3) is 0.391. The molecule has 1 unspecified atom stereocenters. The van der Waals surface area contributed by atoms with Crippen LogP contribution in [-0.4, -0.2) is 59.6 Å². The van der Waals surface area contributed by atoms with Crippen LogP contribution in [0.3, 0.4) is 0 Å². The van der Waals surface area contributed by atoms with Crippen LogP contribution in [0.2, 0.25) is 0 Å². The number of aliphatic hydroxyl groups is 2. The van der Waals surface area contributed by atoms with Gasteiger partial charge < -0.3 is 46.5 Å². The van der Waals surface area contributed by atoms with Gasteiger partial charge in [0.1, 0.15) is 24.3 Å². The maximum absolute atomic E-state index is 12.4. The van der Waals surface area contributed by atoms with Crippen molar-refractivity contribution in [1.82, 2.24) is 9.88 Å². The van der Waals surface area contributed by atoms with Gasteiger partial charge in [-0.15, -0.1) is 0 Å². The van der Waals surface area contributed by atoms with Gasteiger partial charge in [-0.25, -0.2) is 4.99 Å². The Hall–Kier alpha value is -3.56. The van der Waals surface area contributed by atoms with Crippen molar-refractivity contribution in [3.05, 3.63) is 47.2 Å². The molecule has 1 aromatic carbocycles. The first-order valence-corrected chi connectivity index (χ1v) is 10.9. The number of aliphatic imine (C=N–C) groups is 1. The van der Waals surface area contributed by atoms with Gasteiger partial charge in [0, 0.05) is 50.4 Å². The summed E-state index contributed by atoms with van der Waals surface area (Å²) in [5.74, 6) is 5.69. The molecule has 1 amide bonds. The van der Waals surface area contributed by atoms with Crippen LogP contribution in [0.25, 0.3) is 0 Å². The third-order valence-corrected chi connectivity index (χ3v) is 5.80. The molecule has 34 heavy (non-hydrogen) atoms. The fourth-order valence-electron chi connectivity index (χ4n) is 3.98. The maximum Gasteiger partial charge on any atom is 0.296 e. The number of rotatable bonds is 5. The third-order valence-electron chi connectivity index (χ3n) is 5.80. The van der Waals surface area contributed by atoms with Crippen LogP contribution in [0.15, 0.2) is 35.5 Å². The van der Waals surface area contributed by atoms with Crippen LogP contribution in [0.1, 0.15) is 35.5 Å². The second-order valence-corrected chi connectivity index (χ2v) is 8.40. The van der Waals surface area contributed by atoms with E-state index in [-0.39, 0.29) is 19.0 Å². The number of aromatic nitrogens is 1. The summed E-state index contributed by atoms with van der Waals surface area (Å²) in [5.41, 5.74) is 15.1. The Balaban J connectivity index is 1.52. The summed E-state index contributed by atoms with van der Waals surface area (Å²) in [7, 11) is 3.93. The zero-order chi connectivity index (χ0) is 24.4. The van der Waals surface area contributed by atoms with Gasteiger partial charge in [0.15, 0.2) is 5.96 Å². The molecule has 8 N–H and O–H groups in total. The first kappa shape index (κ1) is 23.6. The van der Waals surface area contributed by atoms with E-state index in [0.717, 1.165) is 11.3 Å². The van der Waals surface area contributed by atoms with Gasteiger partial charge in [-0.1, -0.05) is 18.1 Å². The van der Waals surface area contributed by atoms with Crippen molar-refractivity contribution in [2.24, 2.45) is 16.5 Å². The summed E-state index contributed by atoms with van der Waals surface area (Å²) in [6.07, 6.45) is -0.911. The minimum atomic E-state index is -0.816. The number of carbonyl (C=O) groups is 1. The van der Waals surface area contributed by atoms with Crippen LogP contribution in [0.4, 0.5) is 11.5 Å². The molecule has 0 aliphatic carbocycles. The molecule has 0 saturated carbocycles. The minimum Gasteiger partial charge on any atom is -0.394 e. The van der Waals surface area contributed by atoms with E-state index in [1.54, 1.807) is 10.8 Å². The highest BCUT2D eigenvalue weighted by atomic mass is 16.5. The Morgan fingerprint density at radius 3 is 2.76 bits per heavy atom. The van der Waals surface area contributed by atoms with Crippen molar-refractivity contribution in [2.45, 2.75) is 37.6 Å². The van der Waals surface area contributed by atoms with Gasteiger partial charge in [0.05, 0.1) is 18.3 Å². The molecule has 180 valence electrons. The van der Waals surface area contributed by atoms with Crippen LogP contribution >= 0.6 is 0 Å². The first-order valence-electron chi connectivity index (χ1n) is 10.9. The summed E-state index contributed by atoms with van der Waals surface area (Å²) >= 11 is 0. The molecular formula is C23H29N7O4. The number of carbonyl (C=O) groups excluding carboxylic acids is 1. The van der Waals surface area contributed by atoms with Gasteiger partial charge in [0.2, 0.25) is 0 Å². The molecule has 1 saturated heterocycles. The van der Waals surface area contributed by atoms with E-state index < -0.39 is 30.5 Å². The summed E-state index contributed by atoms with van der Waals surface area (Å²) < 4.78 is 7.48. The molecule has 2 aromatic rings. The number of hydrogen-bond acceptors (Lipinski definition) is 9. The number of ether oxygens (including phenoxy) is 1. The molecule has 2 aliphatic rings. The number of nitrogens with zero attached hydrogens (tertiary/aromatic N) is 3. The Bertz CT molecular complexity index is 1150. The van der Waals surface area contributed by atoms with E-state index >= 15 is 0 Å². The number of aliphatic hydroxyl groups excluding tert-OH is 2. The van der Waals surface area contributed by atoms with Crippen molar-refractivity contribution in [2.75, 3.05) is 30.9 Å². The quantitative estimate of drug-likeness (QED) is 0.322. The standard InChI is InChI=1S/C23H29N7O4/c1-29(2)15-6-3-13(4-7-15)10-26-18(33)8-5-14-11-30(19-9-16(32)17(12-31)34-19)22-20(14)21(24)27-23(25)28-22/h3-4,6-7,11,16-17,19,21,31-32H,9-10,12,24H2,1-2H3,(H,26,33)(H3,25,27,28)/t16-,17-,19-,21?/m1/s1. The monoisotopic (exact) mass is 467 g/mol. The second-order valence-electron chi connectivity index (χ2n) is 8.40. The lowest BCUT2D eigenvalue weighted by Gasteiger charge is -2.22. The van der Waals surface area contributed by atoms with E-state index in [1.165, 1.54) is 0 Å². The number of nitrogens with two attached hydrogens (primary N) is 2. The number of guanidine groups is 1. The first-order chi connectivity index (χ1) is 16.3. The van der Waals surface area contributed by atoms with Crippen LogP contribution in [0.5, 0.6) is 0 Å². The molecule has 11 heteroatoms. The lowest BCUT2D eigenvalue weighted by Crippen LogP contribution is -2.32. The molecule has 2 aliphatic heterocycles. The molecule has 3 heterocycles. The molecule has 0 spiro atoms. The average molecular weight is 468 g/mol. The van der Waals surface area contributed by atoms with Gasteiger partial charge in [-0.05, 0) is 17.7 Å². The second kappa shape index (κ2) is 9.74. The lowest BCUT2D eigenvalue weighted by molar-refractivity contribution is -0.115. The van der Waals surface area contributed by atoms with Gasteiger partial charge in [-0.3, -0.25) is 4.79 Å². The highest BCUT2D eigenvalue weighted by Gasteiger charge is 2.37. The number of nitrogens with one attached hydrogen (secondary N) is 2. The maximum atomic E-state index is 12.4. The van der Waals surface area contributed by atoms with E-state index in [9.17, 15) is 15.0 Å². The highest BCUT2D eigenvalue weighted by Crippen LogP contribution is 2.38. The van der Waals surface area contributed by atoms with Crippen LogP contribution < -0.4 is 27.0 Å². The predicted molar refractivity (Wildman–Crippen MR) is 128 cm³/mol. The van der Waals surface area contributed by atoms with Gasteiger partial charge in [0.25, 0.3) is 5.91 Å². The zero-order valence-corrected chi connectivity index (χ0v) is 19.0. The van der Waals surface area contributed by atoms with Crippen molar-refractivity contribution in [3.8, 4) is 11.8 Å². The smallest absolute Gasteiger partial charge is 0.296 e. The van der Waals surface area contributed by atoms with Gasteiger partial charge >= 0.3 is 0 Å². The molecule has 4 rings (SSSR count). The number of anilines is 2. The lowest BCUT2D eigenvalue weighted by atomic mass is 10.1. The number of hydrogen-bond donors (Lipinski definition) is 6. The fourth-order valence-corrected chi connectivity index (χ4v) is 3.98. The van der Waals surface area contributed by atoms with Gasteiger partial charge in [-0.2, -0.15) is 0 Å². The Morgan fingerprint density at radius 1 is 1.38 bits per heavy atom. The topological polar surface area (TPSA) is 163 Å². The Morgan fingerprint density at radius 2 is 2.12 bits per heavy atom. The SMILES string of the molecule is CN(C)c1ccc(CNC(=O)C#Cc2cn([C@H]3C[C@@H](O)[C@@H](CO)O3)c3c2C(N)N=C(N)N3)cc1. The number of fused-ring (bicyclic) bond motifs is 1. The predicted octanol–water partition coefficient (Wildman–Crippen LogP) is -0.440. The molecule has 4 atom stereocenters. The van der Waals surface area contributed by atoms with Crippen LogP contribution in [0, 0.1) is 11.8 Å². The molecule has 1 fully saturated rings. The summed E-state index contributed by atoms with van der Waals surface area (Å²) in [6, 6.07) is 7.85. The highest BCUT2D eigenvalue weighted by molar-refractivity contribution is 5.96. The number of amides is 1. The van der Waals surface area contributed by atoms with E-state index in [0.29, 0.717) is 23.5 Å². The Labute approximate surface area is 197 Å². The largest absolute Gasteiger partial charge is 0.394 e. The summed E-state index contributed by atoms with van der Waals surface area (Å²) in [6.45, 7) is 0.0426. The third kappa shape index (κ3) is 4.85. The van der Waals surface area contributed by atoms with E-state index in [2.05, 4.69) is 27.5 Å². The normalized spacial score (nSPS) is 23.3. The van der Waals surface area contributed by atoms with Crippen molar-refractivity contribution in [1.29, 1.82) is 0 Å². The molecule has 11 nitrogen and oxygen atoms in total. The van der Waals surface area contributed by atoms with Crippen molar-refractivity contribution >= 4 is 23.4 Å². The van der Waals surface area contributed by atoms with Crippen molar-refractivity contribution < 1.29 is 19.7 Å². The Kier molecular flexibility index (Phi) is 6.76. The van der Waals surface area contributed by atoms with Crippen molar-refractivity contribution in [3.63, 3.8) is 0 Å². The summed E-state index contributed by atoms with van der Waals surface area (Å²) in [4.78, 5) is 18.5. The minimum absolute atomic E-state index is 0.133. The van der Waals surface area contributed by atoms with E-state index in [1.807, 2.05) is 43.3 Å². The molecule has 0 bridgehead atoms. The molecule has 0 radical (unpaired) electrons. The molecular weight excluding hydrogens is 438 g/mol. The molecule has 1 aromatic heterocycles.